The minimum absolute atomic E-state index is 0.104. The molecule has 17 heavy (non-hydrogen) atoms. The van der Waals surface area contributed by atoms with Crippen molar-refractivity contribution >= 4 is 24.1 Å². The lowest BCUT2D eigenvalue weighted by Crippen LogP contribution is -2.38. The average Bonchev–Trinajstić information content (AvgIpc) is 2.27. The molecule has 0 aromatic rings. The van der Waals surface area contributed by atoms with Crippen molar-refractivity contribution in [2.24, 2.45) is 0 Å². The molecular formula is C11H20N2O3S. The first-order valence-corrected chi connectivity index (χ1v) is 6.65. The number of rotatable bonds is 1. The van der Waals surface area contributed by atoms with Crippen molar-refractivity contribution in [3.05, 3.63) is 0 Å². The summed E-state index contributed by atoms with van der Waals surface area (Å²) in [5.74, 6) is 0. The largest absolute Gasteiger partial charge is 0.426 e. The summed E-state index contributed by atoms with van der Waals surface area (Å²) in [5, 5.41) is 0. The molecule has 1 fully saturated rings. The molecule has 1 rings (SSSR count). The molecule has 1 heterocycles. The molecule has 2 amide bonds. The summed E-state index contributed by atoms with van der Waals surface area (Å²) < 4.78 is 7.10. The maximum atomic E-state index is 11.6. The molecule has 0 aromatic carbocycles. The van der Waals surface area contributed by atoms with Crippen LogP contribution in [0, 0.1) is 0 Å². The molecule has 0 unspecified atom stereocenters. The fourth-order valence-electron chi connectivity index (χ4n) is 1.44. The predicted octanol–water partition coefficient (Wildman–Crippen LogP) is 2.77. The minimum atomic E-state index is -0.694. The van der Waals surface area contributed by atoms with E-state index in [2.05, 4.69) is 4.72 Å². The Kier molecular flexibility index (Phi) is 5.11. The summed E-state index contributed by atoms with van der Waals surface area (Å²) in [6.45, 7) is 7.25. The highest BCUT2D eigenvalue weighted by Gasteiger charge is 2.21. The second-order valence-corrected chi connectivity index (χ2v) is 6.65. The van der Waals surface area contributed by atoms with Crippen LogP contribution in [-0.2, 0) is 4.74 Å². The summed E-state index contributed by atoms with van der Waals surface area (Å²) in [4.78, 5) is 24.5. The highest BCUT2D eigenvalue weighted by atomic mass is 32.2. The fraction of sp³-hybridized carbons (Fsp3) is 0.818. The molecule has 1 saturated heterocycles. The number of piperidine rings is 1. The van der Waals surface area contributed by atoms with Gasteiger partial charge in [0, 0.05) is 17.8 Å². The number of likely N-dealkylation sites (tertiary alicyclic amines) is 1. The molecule has 0 atom stereocenters. The topological polar surface area (TPSA) is 58.6 Å². The van der Waals surface area contributed by atoms with Crippen LogP contribution in [0.4, 0.5) is 9.59 Å². The molecule has 0 saturated carbocycles. The zero-order chi connectivity index (χ0) is 12.9. The number of nitrogens with zero attached hydrogens (tertiary/aromatic N) is 1. The third kappa shape index (κ3) is 5.81. The van der Waals surface area contributed by atoms with Crippen molar-refractivity contribution in [3.63, 3.8) is 0 Å². The molecule has 0 radical (unpaired) electrons. The van der Waals surface area contributed by atoms with Crippen LogP contribution >= 0.6 is 11.9 Å². The van der Waals surface area contributed by atoms with Crippen molar-refractivity contribution < 1.29 is 14.3 Å². The maximum absolute atomic E-state index is 11.6. The van der Waals surface area contributed by atoms with Crippen molar-refractivity contribution in [1.29, 1.82) is 0 Å². The van der Waals surface area contributed by atoms with Crippen molar-refractivity contribution in [1.82, 2.24) is 9.62 Å². The standard InChI is InChI=1S/C11H20N2O3S/c1-11(2,3)17-12-9(14)16-10(15)13-7-5-4-6-8-13/h4-8H2,1-3H3,(H,12,14). The van der Waals surface area contributed by atoms with Crippen LogP contribution in [0.15, 0.2) is 0 Å². The molecule has 98 valence electrons. The Balaban J connectivity index is 2.27. The Labute approximate surface area is 106 Å². The van der Waals surface area contributed by atoms with Gasteiger partial charge in [-0.25, -0.2) is 9.59 Å². The van der Waals surface area contributed by atoms with Gasteiger partial charge in [-0.3, -0.25) is 4.72 Å². The van der Waals surface area contributed by atoms with E-state index in [-0.39, 0.29) is 4.75 Å². The third-order valence-corrected chi connectivity index (χ3v) is 3.12. The van der Waals surface area contributed by atoms with Crippen LogP contribution in [0.2, 0.25) is 0 Å². The van der Waals surface area contributed by atoms with Gasteiger partial charge >= 0.3 is 12.2 Å². The first-order valence-electron chi connectivity index (χ1n) is 5.83. The first-order chi connectivity index (χ1) is 7.88. The Bertz CT molecular complexity index is 283. The van der Waals surface area contributed by atoms with E-state index in [0.717, 1.165) is 19.3 Å². The van der Waals surface area contributed by atoms with E-state index >= 15 is 0 Å². The van der Waals surface area contributed by atoms with Crippen molar-refractivity contribution in [2.75, 3.05) is 13.1 Å². The van der Waals surface area contributed by atoms with Gasteiger partial charge in [0.1, 0.15) is 0 Å². The number of ether oxygens (including phenoxy) is 1. The van der Waals surface area contributed by atoms with Gasteiger partial charge in [-0.1, -0.05) is 0 Å². The summed E-state index contributed by atoms with van der Waals surface area (Å²) >= 11 is 1.24. The molecule has 1 N–H and O–H groups in total. The van der Waals surface area contributed by atoms with Gasteiger partial charge in [0.25, 0.3) is 0 Å². The van der Waals surface area contributed by atoms with E-state index in [1.807, 2.05) is 20.8 Å². The lowest BCUT2D eigenvalue weighted by atomic mass is 10.1. The molecule has 0 spiro atoms. The molecular weight excluding hydrogens is 240 g/mol. The number of carbonyl (C=O) groups excluding carboxylic acids is 2. The quantitative estimate of drug-likeness (QED) is 0.582. The van der Waals surface area contributed by atoms with E-state index in [9.17, 15) is 9.59 Å². The van der Waals surface area contributed by atoms with E-state index in [1.54, 1.807) is 4.90 Å². The molecule has 0 bridgehead atoms. The molecule has 1 aliphatic rings. The summed E-state index contributed by atoms with van der Waals surface area (Å²) in [6, 6.07) is 0. The number of amides is 2. The van der Waals surface area contributed by atoms with E-state index in [1.165, 1.54) is 11.9 Å². The average molecular weight is 260 g/mol. The third-order valence-electron chi connectivity index (χ3n) is 2.23. The molecule has 0 aliphatic carbocycles. The highest BCUT2D eigenvalue weighted by Crippen LogP contribution is 2.19. The van der Waals surface area contributed by atoms with Crippen LogP contribution in [0.3, 0.4) is 0 Å². The Hall–Kier alpha value is -0.910. The van der Waals surface area contributed by atoms with Crippen LogP contribution in [0.25, 0.3) is 0 Å². The highest BCUT2D eigenvalue weighted by molar-refractivity contribution is 7.99. The lowest BCUT2D eigenvalue weighted by molar-refractivity contribution is 0.114. The summed E-state index contributed by atoms with van der Waals surface area (Å²) in [5.41, 5.74) is 0. The number of hydrogen-bond donors (Lipinski definition) is 1. The second kappa shape index (κ2) is 6.14. The molecule has 0 aromatic heterocycles. The maximum Gasteiger partial charge on any atom is 0.426 e. The Morgan fingerprint density at radius 1 is 1.18 bits per heavy atom. The SMILES string of the molecule is CC(C)(C)SNC(=O)OC(=O)N1CCCCC1. The van der Waals surface area contributed by atoms with Crippen molar-refractivity contribution in [2.45, 2.75) is 44.8 Å². The number of carbonyl (C=O) groups is 2. The van der Waals surface area contributed by atoms with Gasteiger partial charge in [0.05, 0.1) is 0 Å². The van der Waals surface area contributed by atoms with Gasteiger partial charge in [-0.2, -0.15) is 0 Å². The van der Waals surface area contributed by atoms with Gasteiger partial charge < -0.3 is 9.64 Å². The van der Waals surface area contributed by atoms with Crippen LogP contribution in [0.1, 0.15) is 40.0 Å². The lowest BCUT2D eigenvalue weighted by Gasteiger charge is -2.25. The molecule has 5 nitrogen and oxygen atoms in total. The van der Waals surface area contributed by atoms with Gasteiger partial charge in [-0.15, -0.1) is 0 Å². The van der Waals surface area contributed by atoms with Crippen LogP contribution in [0.5, 0.6) is 0 Å². The second-order valence-electron chi connectivity index (χ2n) is 5.02. The molecule has 6 heteroatoms. The zero-order valence-corrected chi connectivity index (χ0v) is 11.4. The summed E-state index contributed by atoms with van der Waals surface area (Å²) in [6.07, 6.45) is 1.86. The van der Waals surface area contributed by atoms with Gasteiger partial charge in [-0.05, 0) is 52.0 Å². The van der Waals surface area contributed by atoms with Crippen LogP contribution < -0.4 is 4.72 Å². The predicted molar refractivity (Wildman–Crippen MR) is 67.8 cm³/mol. The van der Waals surface area contributed by atoms with Gasteiger partial charge in [0.2, 0.25) is 0 Å². The van der Waals surface area contributed by atoms with Gasteiger partial charge in [0.15, 0.2) is 0 Å². The zero-order valence-electron chi connectivity index (χ0n) is 10.6. The number of hydrogen-bond acceptors (Lipinski definition) is 4. The molecule has 1 aliphatic heterocycles. The fourth-order valence-corrected chi connectivity index (χ4v) is 1.87. The van der Waals surface area contributed by atoms with E-state index in [4.69, 9.17) is 4.74 Å². The minimum Gasteiger partial charge on any atom is -0.359 e. The van der Waals surface area contributed by atoms with Crippen LogP contribution in [-0.4, -0.2) is 34.9 Å². The number of nitrogens with one attached hydrogen (secondary N) is 1. The van der Waals surface area contributed by atoms with Crippen molar-refractivity contribution in [3.8, 4) is 0 Å². The smallest absolute Gasteiger partial charge is 0.359 e. The first kappa shape index (κ1) is 14.2. The van der Waals surface area contributed by atoms with E-state index in [0.29, 0.717) is 13.1 Å². The van der Waals surface area contributed by atoms with E-state index < -0.39 is 12.2 Å². The Morgan fingerprint density at radius 2 is 1.76 bits per heavy atom. The normalized spacial score (nSPS) is 16.5. The monoisotopic (exact) mass is 260 g/mol. The Morgan fingerprint density at radius 3 is 2.29 bits per heavy atom. The summed E-state index contributed by atoms with van der Waals surface area (Å²) in [7, 11) is 0.